The number of hydrogen-bond donors (Lipinski definition) is 0. The second-order valence-corrected chi connectivity index (χ2v) is 7.84. The molecule has 0 atom stereocenters. The molecule has 4 heteroatoms. The molecule has 1 aromatic carbocycles. The Kier molecular flexibility index (Phi) is 6.15. The van der Waals surface area contributed by atoms with E-state index in [1.807, 2.05) is 25.7 Å². The molecule has 25 heavy (non-hydrogen) atoms. The maximum absolute atomic E-state index is 12.1. The van der Waals surface area contributed by atoms with E-state index in [2.05, 4.69) is 38.1 Å². The summed E-state index contributed by atoms with van der Waals surface area (Å²) >= 11 is 0. The fraction of sp³-hybridized carbons (Fsp3) is 0.571. The number of amides is 1. The molecule has 1 heterocycles. The van der Waals surface area contributed by atoms with Crippen LogP contribution in [0, 0.1) is 19.8 Å². The number of likely N-dealkylation sites (tertiary alicyclic amines) is 1. The number of ether oxygens (including phenoxy) is 2. The number of rotatable bonds is 3. The fourth-order valence-corrected chi connectivity index (χ4v) is 3.15. The quantitative estimate of drug-likeness (QED) is 0.776. The molecule has 0 spiro atoms. The van der Waals surface area contributed by atoms with Crippen LogP contribution in [-0.4, -0.2) is 36.8 Å². The number of allylic oxidation sites excluding steroid dienone is 1. The summed E-state index contributed by atoms with van der Waals surface area (Å²) < 4.78 is 10.8. The number of benzene rings is 1. The normalized spacial score (nSPS) is 16.3. The largest absolute Gasteiger partial charge is 0.497 e. The van der Waals surface area contributed by atoms with Crippen molar-refractivity contribution in [2.45, 2.75) is 53.1 Å². The van der Waals surface area contributed by atoms with E-state index in [4.69, 9.17) is 9.47 Å². The highest BCUT2D eigenvalue weighted by Gasteiger charge is 2.25. The first-order valence-corrected chi connectivity index (χ1v) is 9.01. The predicted octanol–water partition coefficient (Wildman–Crippen LogP) is 4.97. The second-order valence-electron chi connectivity index (χ2n) is 7.84. The third-order valence-electron chi connectivity index (χ3n) is 4.53. The molecule has 0 bridgehead atoms. The van der Waals surface area contributed by atoms with Crippen LogP contribution in [0.2, 0.25) is 0 Å². The van der Waals surface area contributed by atoms with Crippen LogP contribution < -0.4 is 4.74 Å². The van der Waals surface area contributed by atoms with E-state index in [9.17, 15) is 4.79 Å². The summed E-state index contributed by atoms with van der Waals surface area (Å²) in [5.74, 6) is 1.40. The first kappa shape index (κ1) is 19.4. The Hall–Kier alpha value is -1.97. The standard InChI is InChI=1S/C21H31NO3/c1-15-13-18(24-6)14-16(2)19(15)8-7-17-9-11-22(12-10-17)20(23)25-21(3,4)5/h7-8,13-14,17H,9-12H2,1-6H3. The predicted molar refractivity (Wildman–Crippen MR) is 102 cm³/mol. The molecule has 0 unspecified atom stereocenters. The zero-order valence-electron chi connectivity index (χ0n) is 16.4. The molecule has 4 nitrogen and oxygen atoms in total. The van der Waals surface area contributed by atoms with Gasteiger partial charge >= 0.3 is 6.09 Å². The van der Waals surface area contributed by atoms with Crippen LogP contribution in [0.5, 0.6) is 5.75 Å². The van der Waals surface area contributed by atoms with Crippen molar-refractivity contribution in [1.29, 1.82) is 0 Å². The smallest absolute Gasteiger partial charge is 0.410 e. The van der Waals surface area contributed by atoms with Crippen LogP contribution in [0.25, 0.3) is 6.08 Å². The van der Waals surface area contributed by atoms with Crippen molar-refractivity contribution in [3.8, 4) is 5.75 Å². The lowest BCUT2D eigenvalue weighted by Gasteiger charge is -2.32. The zero-order chi connectivity index (χ0) is 18.6. The number of aryl methyl sites for hydroxylation is 2. The van der Waals surface area contributed by atoms with Crippen molar-refractivity contribution in [2.75, 3.05) is 20.2 Å². The maximum Gasteiger partial charge on any atom is 0.410 e. The van der Waals surface area contributed by atoms with Gasteiger partial charge in [-0.1, -0.05) is 12.2 Å². The topological polar surface area (TPSA) is 38.8 Å². The Morgan fingerprint density at radius 2 is 1.72 bits per heavy atom. The zero-order valence-corrected chi connectivity index (χ0v) is 16.4. The summed E-state index contributed by atoms with van der Waals surface area (Å²) in [5, 5.41) is 0. The molecule has 2 rings (SSSR count). The second kappa shape index (κ2) is 7.94. The van der Waals surface area contributed by atoms with Crippen molar-refractivity contribution >= 4 is 12.2 Å². The van der Waals surface area contributed by atoms with Crippen molar-refractivity contribution in [1.82, 2.24) is 4.90 Å². The highest BCUT2D eigenvalue weighted by molar-refractivity contribution is 5.68. The summed E-state index contributed by atoms with van der Waals surface area (Å²) in [4.78, 5) is 13.9. The lowest BCUT2D eigenvalue weighted by molar-refractivity contribution is 0.0197. The third-order valence-corrected chi connectivity index (χ3v) is 4.53. The monoisotopic (exact) mass is 345 g/mol. The van der Waals surface area contributed by atoms with Crippen molar-refractivity contribution in [3.05, 3.63) is 34.9 Å². The van der Waals surface area contributed by atoms with Gasteiger partial charge in [0.25, 0.3) is 0 Å². The summed E-state index contributed by atoms with van der Waals surface area (Å²) in [7, 11) is 1.70. The molecule has 0 saturated carbocycles. The molecule has 0 N–H and O–H groups in total. The highest BCUT2D eigenvalue weighted by atomic mass is 16.6. The summed E-state index contributed by atoms with van der Waals surface area (Å²) in [6.45, 7) is 11.4. The van der Waals surface area contributed by atoms with Crippen LogP contribution >= 0.6 is 0 Å². The Morgan fingerprint density at radius 3 is 2.20 bits per heavy atom. The third kappa shape index (κ3) is 5.52. The molecular weight excluding hydrogens is 314 g/mol. The van der Waals surface area contributed by atoms with E-state index in [1.54, 1.807) is 7.11 Å². The number of carbonyl (C=O) groups is 1. The number of nitrogens with zero attached hydrogens (tertiary/aromatic N) is 1. The van der Waals surface area contributed by atoms with Crippen molar-refractivity contribution < 1.29 is 14.3 Å². The average Bonchev–Trinajstić information content (AvgIpc) is 2.52. The van der Waals surface area contributed by atoms with Crippen LogP contribution in [0.15, 0.2) is 18.2 Å². The van der Waals surface area contributed by atoms with Gasteiger partial charge in [-0.15, -0.1) is 0 Å². The Bertz CT molecular complexity index is 612. The molecule has 1 saturated heterocycles. The van der Waals surface area contributed by atoms with Crippen LogP contribution in [0.4, 0.5) is 4.79 Å². The average molecular weight is 345 g/mol. The van der Waals surface area contributed by atoms with Gasteiger partial charge in [0, 0.05) is 13.1 Å². The van der Waals surface area contributed by atoms with Crippen LogP contribution in [0.1, 0.15) is 50.3 Å². The van der Waals surface area contributed by atoms with E-state index in [0.717, 1.165) is 31.7 Å². The van der Waals surface area contributed by atoms with Gasteiger partial charge in [-0.25, -0.2) is 4.79 Å². The maximum atomic E-state index is 12.1. The molecule has 0 aliphatic carbocycles. The lowest BCUT2D eigenvalue weighted by atomic mass is 9.94. The Morgan fingerprint density at radius 1 is 1.16 bits per heavy atom. The van der Waals surface area contributed by atoms with Gasteiger partial charge < -0.3 is 14.4 Å². The molecule has 1 amide bonds. The molecule has 1 aliphatic rings. The summed E-state index contributed by atoms with van der Waals surface area (Å²) in [6.07, 6.45) is 6.26. The van der Waals surface area contributed by atoms with E-state index in [-0.39, 0.29) is 6.09 Å². The molecule has 0 aromatic heterocycles. The van der Waals surface area contributed by atoms with Gasteiger partial charge in [0.15, 0.2) is 0 Å². The number of hydrogen-bond acceptors (Lipinski definition) is 3. The van der Waals surface area contributed by atoms with Gasteiger partial charge in [-0.2, -0.15) is 0 Å². The molecule has 1 aromatic rings. The molecule has 1 aliphatic heterocycles. The Labute approximate surface area is 151 Å². The van der Waals surface area contributed by atoms with E-state index >= 15 is 0 Å². The first-order chi connectivity index (χ1) is 11.7. The van der Waals surface area contributed by atoms with E-state index < -0.39 is 5.60 Å². The lowest BCUT2D eigenvalue weighted by Crippen LogP contribution is -2.41. The minimum absolute atomic E-state index is 0.197. The SMILES string of the molecule is COc1cc(C)c(C=CC2CCN(C(=O)OC(C)(C)C)CC2)c(C)c1. The highest BCUT2D eigenvalue weighted by Crippen LogP contribution is 2.25. The summed E-state index contributed by atoms with van der Waals surface area (Å²) in [5.41, 5.74) is 3.27. The summed E-state index contributed by atoms with van der Waals surface area (Å²) in [6, 6.07) is 4.13. The molecule has 0 radical (unpaired) electrons. The molecule has 1 fully saturated rings. The van der Waals surface area contributed by atoms with E-state index in [0.29, 0.717) is 5.92 Å². The number of methoxy groups -OCH3 is 1. The van der Waals surface area contributed by atoms with Crippen molar-refractivity contribution in [2.24, 2.45) is 5.92 Å². The van der Waals surface area contributed by atoms with E-state index in [1.165, 1.54) is 16.7 Å². The minimum Gasteiger partial charge on any atom is -0.497 e. The van der Waals surface area contributed by atoms with Gasteiger partial charge in [0.05, 0.1) is 7.11 Å². The minimum atomic E-state index is -0.433. The van der Waals surface area contributed by atoms with Gasteiger partial charge in [-0.3, -0.25) is 0 Å². The number of piperidine rings is 1. The first-order valence-electron chi connectivity index (χ1n) is 9.01. The van der Waals surface area contributed by atoms with Gasteiger partial charge in [0.2, 0.25) is 0 Å². The van der Waals surface area contributed by atoms with Crippen LogP contribution in [-0.2, 0) is 4.74 Å². The molecular formula is C21H31NO3. The molecule has 138 valence electrons. The van der Waals surface area contributed by atoms with Crippen molar-refractivity contribution in [3.63, 3.8) is 0 Å². The van der Waals surface area contributed by atoms with Gasteiger partial charge in [0.1, 0.15) is 11.4 Å². The van der Waals surface area contributed by atoms with Crippen LogP contribution in [0.3, 0.4) is 0 Å². The van der Waals surface area contributed by atoms with Gasteiger partial charge in [-0.05, 0) is 82.2 Å². The fourth-order valence-electron chi connectivity index (χ4n) is 3.15. The number of carbonyl (C=O) groups excluding carboxylic acids is 1. The Balaban J connectivity index is 1.94.